The molecule has 2 aliphatic rings. The average Bonchev–Trinajstić information content (AvgIpc) is 2.67. The minimum Gasteiger partial charge on any atom is -0.381 e. The van der Waals surface area contributed by atoms with Crippen LogP contribution in [0.25, 0.3) is 0 Å². The molecular formula is C12H23NO3S. The van der Waals surface area contributed by atoms with Gasteiger partial charge in [0.15, 0.2) is 9.84 Å². The summed E-state index contributed by atoms with van der Waals surface area (Å²) in [7, 11) is -2.78. The SMILES string of the molecule is CCNC(C1CCCOC1)C1CCS(=O)(=O)C1. The summed E-state index contributed by atoms with van der Waals surface area (Å²) >= 11 is 0. The molecule has 2 heterocycles. The standard InChI is InChI=1S/C12H23NO3S/c1-2-13-12(10-4-3-6-16-8-10)11-5-7-17(14,15)9-11/h10-13H,2-9H2,1H3. The van der Waals surface area contributed by atoms with E-state index in [0.29, 0.717) is 23.5 Å². The van der Waals surface area contributed by atoms with E-state index in [0.717, 1.165) is 39.0 Å². The predicted octanol–water partition coefficient (Wildman–Crippen LogP) is 0.826. The van der Waals surface area contributed by atoms with Gasteiger partial charge in [-0.1, -0.05) is 6.92 Å². The van der Waals surface area contributed by atoms with Crippen LogP contribution in [-0.4, -0.2) is 45.7 Å². The van der Waals surface area contributed by atoms with Gasteiger partial charge in [0.1, 0.15) is 0 Å². The molecule has 2 saturated heterocycles. The highest BCUT2D eigenvalue weighted by Gasteiger charge is 2.37. The van der Waals surface area contributed by atoms with E-state index in [1.165, 1.54) is 0 Å². The number of hydrogen-bond donors (Lipinski definition) is 1. The fourth-order valence-corrected chi connectivity index (χ4v) is 4.96. The highest BCUT2D eigenvalue weighted by atomic mass is 32.2. The maximum atomic E-state index is 11.6. The van der Waals surface area contributed by atoms with Gasteiger partial charge in [-0.15, -0.1) is 0 Å². The third-order valence-electron chi connectivity index (χ3n) is 3.92. The highest BCUT2D eigenvalue weighted by Crippen LogP contribution is 2.29. The summed E-state index contributed by atoms with van der Waals surface area (Å²) < 4.78 is 28.7. The Morgan fingerprint density at radius 1 is 1.35 bits per heavy atom. The van der Waals surface area contributed by atoms with E-state index in [2.05, 4.69) is 12.2 Å². The molecule has 0 spiro atoms. The Morgan fingerprint density at radius 3 is 2.71 bits per heavy atom. The quantitative estimate of drug-likeness (QED) is 0.814. The number of nitrogens with one attached hydrogen (secondary N) is 1. The van der Waals surface area contributed by atoms with Crippen molar-refractivity contribution in [3.05, 3.63) is 0 Å². The molecular weight excluding hydrogens is 238 g/mol. The van der Waals surface area contributed by atoms with Crippen molar-refractivity contribution in [1.29, 1.82) is 0 Å². The zero-order chi connectivity index (χ0) is 12.3. The Balaban J connectivity index is 2.01. The fraction of sp³-hybridized carbons (Fsp3) is 1.00. The molecule has 0 radical (unpaired) electrons. The summed E-state index contributed by atoms with van der Waals surface area (Å²) in [6.45, 7) is 4.63. The Kier molecular flexibility index (Phi) is 4.44. The molecule has 3 atom stereocenters. The van der Waals surface area contributed by atoms with Crippen molar-refractivity contribution in [1.82, 2.24) is 5.32 Å². The summed E-state index contributed by atoms with van der Waals surface area (Å²) in [5.41, 5.74) is 0. The van der Waals surface area contributed by atoms with Crippen molar-refractivity contribution in [2.75, 3.05) is 31.3 Å². The lowest BCUT2D eigenvalue weighted by Crippen LogP contribution is -2.45. The van der Waals surface area contributed by atoms with Crippen molar-refractivity contribution >= 4 is 9.84 Å². The minimum absolute atomic E-state index is 0.284. The van der Waals surface area contributed by atoms with Crippen LogP contribution in [0, 0.1) is 11.8 Å². The van der Waals surface area contributed by atoms with Crippen LogP contribution in [0.15, 0.2) is 0 Å². The number of sulfone groups is 1. The fourth-order valence-electron chi connectivity index (χ4n) is 3.11. The van der Waals surface area contributed by atoms with E-state index in [1.807, 2.05) is 0 Å². The molecule has 17 heavy (non-hydrogen) atoms. The number of hydrogen-bond acceptors (Lipinski definition) is 4. The lowest BCUT2D eigenvalue weighted by atomic mass is 9.84. The lowest BCUT2D eigenvalue weighted by molar-refractivity contribution is 0.0310. The van der Waals surface area contributed by atoms with E-state index in [1.54, 1.807) is 0 Å². The van der Waals surface area contributed by atoms with Gasteiger partial charge < -0.3 is 10.1 Å². The van der Waals surface area contributed by atoms with Gasteiger partial charge in [0.05, 0.1) is 18.1 Å². The molecule has 100 valence electrons. The van der Waals surface area contributed by atoms with Crippen molar-refractivity contribution in [2.24, 2.45) is 11.8 Å². The van der Waals surface area contributed by atoms with Crippen LogP contribution in [0.1, 0.15) is 26.2 Å². The molecule has 2 fully saturated rings. The van der Waals surface area contributed by atoms with Crippen LogP contribution < -0.4 is 5.32 Å². The zero-order valence-electron chi connectivity index (χ0n) is 10.5. The van der Waals surface area contributed by atoms with Gasteiger partial charge in [-0.2, -0.15) is 0 Å². The average molecular weight is 261 g/mol. The van der Waals surface area contributed by atoms with Gasteiger partial charge in [0.2, 0.25) is 0 Å². The van der Waals surface area contributed by atoms with Gasteiger partial charge in [0, 0.05) is 12.6 Å². The first-order chi connectivity index (χ1) is 8.12. The van der Waals surface area contributed by atoms with Crippen molar-refractivity contribution < 1.29 is 13.2 Å². The number of rotatable bonds is 4. The summed E-state index contributed by atoms with van der Waals surface area (Å²) in [6, 6.07) is 0.317. The molecule has 2 rings (SSSR count). The van der Waals surface area contributed by atoms with E-state index >= 15 is 0 Å². The van der Waals surface area contributed by atoms with Crippen LogP contribution >= 0.6 is 0 Å². The minimum atomic E-state index is -2.78. The smallest absolute Gasteiger partial charge is 0.150 e. The summed E-state index contributed by atoms with van der Waals surface area (Å²) in [6.07, 6.45) is 3.08. The van der Waals surface area contributed by atoms with Crippen LogP contribution in [-0.2, 0) is 14.6 Å². The van der Waals surface area contributed by atoms with Gasteiger partial charge in [-0.25, -0.2) is 8.42 Å². The molecule has 0 saturated carbocycles. The maximum absolute atomic E-state index is 11.6. The first-order valence-electron chi connectivity index (χ1n) is 6.64. The molecule has 5 heteroatoms. The Bertz CT molecular complexity index is 336. The highest BCUT2D eigenvalue weighted by molar-refractivity contribution is 7.91. The van der Waals surface area contributed by atoms with Crippen LogP contribution in [0.4, 0.5) is 0 Å². The molecule has 0 aromatic carbocycles. The Morgan fingerprint density at radius 2 is 2.18 bits per heavy atom. The lowest BCUT2D eigenvalue weighted by Gasteiger charge is -2.34. The number of ether oxygens (including phenoxy) is 1. The van der Waals surface area contributed by atoms with Gasteiger partial charge in [-0.05, 0) is 37.6 Å². The molecule has 1 N–H and O–H groups in total. The molecule has 3 unspecified atom stereocenters. The van der Waals surface area contributed by atoms with Gasteiger partial charge in [0.25, 0.3) is 0 Å². The normalized spacial score (nSPS) is 34.6. The largest absolute Gasteiger partial charge is 0.381 e. The van der Waals surface area contributed by atoms with Crippen LogP contribution in [0.2, 0.25) is 0 Å². The molecule has 2 aliphatic heterocycles. The van der Waals surface area contributed by atoms with E-state index in [9.17, 15) is 8.42 Å². The topological polar surface area (TPSA) is 55.4 Å². The van der Waals surface area contributed by atoms with E-state index < -0.39 is 9.84 Å². The molecule has 0 aromatic rings. The second-order valence-electron chi connectivity index (χ2n) is 5.22. The van der Waals surface area contributed by atoms with E-state index in [4.69, 9.17) is 4.74 Å². The molecule has 0 bridgehead atoms. The van der Waals surface area contributed by atoms with Crippen molar-refractivity contribution in [2.45, 2.75) is 32.2 Å². The van der Waals surface area contributed by atoms with Crippen LogP contribution in [0.5, 0.6) is 0 Å². The third-order valence-corrected chi connectivity index (χ3v) is 5.71. The summed E-state index contributed by atoms with van der Waals surface area (Å²) in [4.78, 5) is 0. The van der Waals surface area contributed by atoms with Crippen molar-refractivity contribution in [3.8, 4) is 0 Å². The van der Waals surface area contributed by atoms with Gasteiger partial charge >= 0.3 is 0 Å². The zero-order valence-corrected chi connectivity index (χ0v) is 11.3. The second-order valence-corrected chi connectivity index (χ2v) is 7.45. The Hall–Kier alpha value is -0.130. The van der Waals surface area contributed by atoms with E-state index in [-0.39, 0.29) is 5.92 Å². The predicted molar refractivity (Wildman–Crippen MR) is 67.8 cm³/mol. The first-order valence-corrected chi connectivity index (χ1v) is 8.46. The first kappa shape index (κ1) is 13.3. The molecule has 0 aliphatic carbocycles. The third kappa shape index (κ3) is 3.42. The van der Waals surface area contributed by atoms with Crippen LogP contribution in [0.3, 0.4) is 0 Å². The van der Waals surface area contributed by atoms with Gasteiger partial charge in [-0.3, -0.25) is 0 Å². The summed E-state index contributed by atoms with van der Waals surface area (Å²) in [5.74, 6) is 1.50. The van der Waals surface area contributed by atoms with Crippen molar-refractivity contribution in [3.63, 3.8) is 0 Å². The monoisotopic (exact) mass is 261 g/mol. The maximum Gasteiger partial charge on any atom is 0.150 e. The molecule has 4 nitrogen and oxygen atoms in total. The second kappa shape index (κ2) is 5.67. The molecule has 0 amide bonds. The summed E-state index contributed by atoms with van der Waals surface area (Å²) in [5, 5.41) is 3.49. The molecule has 0 aromatic heterocycles. The Labute approximate surface area is 104 Å².